The van der Waals surface area contributed by atoms with Gasteiger partial charge in [0.2, 0.25) is 0 Å². The Labute approximate surface area is 318 Å². The SMILES string of the molecule is CC(C)(C)c1c[c-]c2c(c1)-c1cc(C(C)(C)C)ccc1C2.CCCc1cc2c(-c3ccc(-c4ccccc4)cc3)cccc2[cH-]1.C[Si]C.[Zr+2]. The molecule has 248 valence electrons. The molecular formula is C47H52SiZr. The maximum atomic E-state index is 3.53. The van der Waals surface area contributed by atoms with E-state index in [-0.39, 0.29) is 37.0 Å². The maximum Gasteiger partial charge on any atom is 2.00 e. The van der Waals surface area contributed by atoms with E-state index in [1.165, 1.54) is 78.4 Å². The van der Waals surface area contributed by atoms with Crippen LogP contribution >= 0.6 is 0 Å². The molecule has 1 aliphatic carbocycles. The summed E-state index contributed by atoms with van der Waals surface area (Å²) in [5.74, 6) is 0. The predicted molar refractivity (Wildman–Crippen MR) is 213 cm³/mol. The molecule has 0 aromatic heterocycles. The molecule has 2 heteroatoms. The molecule has 0 bridgehead atoms. The molecule has 0 fully saturated rings. The summed E-state index contributed by atoms with van der Waals surface area (Å²) in [6.45, 7) is 20.2. The van der Waals surface area contributed by atoms with Crippen LogP contribution in [0.15, 0.2) is 115 Å². The molecule has 0 saturated heterocycles. The van der Waals surface area contributed by atoms with Crippen LogP contribution in [0.5, 0.6) is 0 Å². The minimum absolute atomic E-state index is 0. The fourth-order valence-corrected chi connectivity index (χ4v) is 6.44. The van der Waals surface area contributed by atoms with Gasteiger partial charge in [0.25, 0.3) is 0 Å². The fourth-order valence-electron chi connectivity index (χ4n) is 6.44. The number of hydrogen-bond acceptors (Lipinski definition) is 0. The van der Waals surface area contributed by atoms with Gasteiger partial charge in [-0.1, -0.05) is 169 Å². The summed E-state index contributed by atoms with van der Waals surface area (Å²) in [6.07, 6.45) is 3.37. The van der Waals surface area contributed by atoms with Crippen molar-refractivity contribution in [3.8, 4) is 33.4 Å². The summed E-state index contributed by atoms with van der Waals surface area (Å²) in [7, 11) is 1.08. The molecule has 0 saturated carbocycles. The van der Waals surface area contributed by atoms with Crippen molar-refractivity contribution >= 4 is 20.3 Å². The summed E-state index contributed by atoms with van der Waals surface area (Å²) in [4.78, 5) is 0. The Morgan fingerprint density at radius 1 is 0.653 bits per heavy atom. The van der Waals surface area contributed by atoms with Gasteiger partial charge in [-0.05, 0) is 40.5 Å². The molecule has 1 aliphatic rings. The topological polar surface area (TPSA) is 0 Å². The summed E-state index contributed by atoms with van der Waals surface area (Å²) in [5, 5.41) is 2.72. The number of aryl methyl sites for hydroxylation is 1. The second-order valence-corrected chi connectivity index (χ2v) is 16.2. The number of benzene rings is 5. The zero-order valence-electron chi connectivity index (χ0n) is 31.1. The van der Waals surface area contributed by atoms with Gasteiger partial charge in [-0.15, -0.1) is 40.1 Å². The van der Waals surface area contributed by atoms with Gasteiger partial charge in [-0.25, -0.2) is 0 Å². The monoisotopic (exact) mass is 734 g/mol. The van der Waals surface area contributed by atoms with Gasteiger partial charge in [0.1, 0.15) is 0 Å². The Morgan fingerprint density at radius 3 is 1.90 bits per heavy atom. The first-order valence-corrected chi connectivity index (χ1v) is 19.5. The Morgan fingerprint density at radius 2 is 1.27 bits per heavy atom. The van der Waals surface area contributed by atoms with Gasteiger partial charge >= 0.3 is 26.2 Å². The van der Waals surface area contributed by atoms with Gasteiger partial charge in [0, 0.05) is 9.52 Å². The standard InChI is InChI=1S/C24H21.C21H25.C2H6Si.Zr/c1-2-7-18-16-22-10-6-11-23(24(22)17-18)21-14-12-20(13-15-21)19-8-4-3-5-9-19;1-20(2,3)16-9-7-14-11-15-8-10-17(21(4,5)6)13-19(15)18(14)12-16;1-3-2;/h3-6,8-17H,2,7H2,1H3;7,9-10,12-13H,11H2,1-6H3;1-2H3;/q2*-1;;+2. The minimum Gasteiger partial charge on any atom is -0.179 e. The molecule has 0 atom stereocenters. The molecule has 7 rings (SSSR count). The average molecular weight is 736 g/mol. The smallest absolute Gasteiger partial charge is 0.179 e. The largest absolute Gasteiger partial charge is 2.00 e. The Balaban J connectivity index is 0.000000202. The van der Waals surface area contributed by atoms with E-state index in [1.54, 1.807) is 0 Å². The maximum absolute atomic E-state index is 3.53. The minimum atomic E-state index is 0. The van der Waals surface area contributed by atoms with Crippen LogP contribution in [0.2, 0.25) is 13.1 Å². The van der Waals surface area contributed by atoms with E-state index >= 15 is 0 Å². The summed E-state index contributed by atoms with van der Waals surface area (Å²) in [5.41, 5.74) is 15.3. The molecule has 0 amide bonds. The third-order valence-corrected chi connectivity index (χ3v) is 9.18. The second kappa shape index (κ2) is 16.7. The van der Waals surface area contributed by atoms with E-state index < -0.39 is 0 Å². The molecule has 0 aliphatic heterocycles. The van der Waals surface area contributed by atoms with Gasteiger partial charge in [0.15, 0.2) is 0 Å². The molecule has 6 aromatic rings. The van der Waals surface area contributed by atoms with Crippen LogP contribution < -0.4 is 0 Å². The molecule has 0 nitrogen and oxygen atoms in total. The van der Waals surface area contributed by atoms with Gasteiger partial charge in [-0.3, -0.25) is 0 Å². The molecule has 2 radical (unpaired) electrons. The first kappa shape index (κ1) is 38.6. The van der Waals surface area contributed by atoms with Crippen LogP contribution in [-0.2, 0) is 49.9 Å². The molecule has 0 spiro atoms. The van der Waals surface area contributed by atoms with Crippen molar-refractivity contribution in [2.24, 2.45) is 0 Å². The van der Waals surface area contributed by atoms with E-state index in [4.69, 9.17) is 0 Å². The number of hydrogen-bond donors (Lipinski definition) is 0. The predicted octanol–water partition coefficient (Wildman–Crippen LogP) is 13.3. The first-order chi connectivity index (χ1) is 22.9. The van der Waals surface area contributed by atoms with Gasteiger partial charge in [0.05, 0.1) is 0 Å². The molecule has 0 heterocycles. The van der Waals surface area contributed by atoms with Crippen LogP contribution in [-0.4, -0.2) is 9.52 Å². The van der Waals surface area contributed by atoms with Crippen molar-refractivity contribution in [1.82, 2.24) is 0 Å². The number of fused-ring (bicyclic) bond motifs is 4. The third-order valence-electron chi connectivity index (χ3n) is 9.18. The molecular weight excluding hydrogens is 684 g/mol. The van der Waals surface area contributed by atoms with E-state index in [0.717, 1.165) is 22.4 Å². The normalized spacial score (nSPS) is 11.8. The van der Waals surface area contributed by atoms with Crippen LogP contribution in [0.1, 0.15) is 82.7 Å². The third kappa shape index (κ3) is 9.33. The summed E-state index contributed by atoms with van der Waals surface area (Å²) in [6, 6.07) is 45.8. The first-order valence-electron chi connectivity index (χ1n) is 17.5. The van der Waals surface area contributed by atoms with Crippen molar-refractivity contribution in [2.75, 3.05) is 0 Å². The molecule has 0 N–H and O–H groups in total. The van der Waals surface area contributed by atoms with Crippen LogP contribution in [0, 0.1) is 6.07 Å². The van der Waals surface area contributed by atoms with Gasteiger partial charge in [-0.2, -0.15) is 35.4 Å². The van der Waals surface area contributed by atoms with Crippen molar-refractivity contribution < 1.29 is 26.2 Å². The molecule has 49 heavy (non-hydrogen) atoms. The van der Waals surface area contributed by atoms with Gasteiger partial charge < -0.3 is 0 Å². The zero-order chi connectivity index (χ0) is 34.5. The Hall–Kier alpha value is -3.19. The van der Waals surface area contributed by atoms with E-state index in [9.17, 15) is 0 Å². The Bertz CT molecular complexity index is 1890. The van der Waals surface area contributed by atoms with Crippen LogP contribution in [0.4, 0.5) is 0 Å². The van der Waals surface area contributed by atoms with Crippen LogP contribution in [0.3, 0.4) is 0 Å². The van der Waals surface area contributed by atoms with Crippen molar-refractivity contribution in [2.45, 2.75) is 91.7 Å². The Kier molecular flexibility index (Phi) is 13.1. The van der Waals surface area contributed by atoms with E-state index in [0.29, 0.717) is 0 Å². The van der Waals surface area contributed by atoms with Crippen molar-refractivity contribution in [3.05, 3.63) is 149 Å². The quantitative estimate of drug-likeness (QED) is 0.125. The molecule has 0 unspecified atom stereocenters. The zero-order valence-corrected chi connectivity index (χ0v) is 34.5. The summed E-state index contributed by atoms with van der Waals surface area (Å²) < 4.78 is 0. The van der Waals surface area contributed by atoms with Crippen LogP contribution in [0.25, 0.3) is 44.2 Å². The van der Waals surface area contributed by atoms with E-state index in [1.807, 2.05) is 0 Å². The van der Waals surface area contributed by atoms with Crippen molar-refractivity contribution in [1.29, 1.82) is 0 Å². The van der Waals surface area contributed by atoms with E-state index in [2.05, 4.69) is 183 Å². The van der Waals surface area contributed by atoms with Crippen molar-refractivity contribution in [3.63, 3.8) is 0 Å². The fraction of sp³-hybridized carbons (Fsp3) is 0.298. The number of rotatable bonds is 4. The molecule has 6 aromatic carbocycles. The second-order valence-electron chi connectivity index (χ2n) is 15.2. The summed E-state index contributed by atoms with van der Waals surface area (Å²) >= 11 is 0. The average Bonchev–Trinajstić information content (AvgIpc) is 3.65.